The van der Waals surface area contributed by atoms with Crippen molar-refractivity contribution in [2.45, 2.75) is 39.2 Å². The number of thiazole rings is 1. The molecule has 2 N–H and O–H groups in total. The fourth-order valence-electron chi connectivity index (χ4n) is 1.91. The number of hydrogen-bond acceptors (Lipinski definition) is 4. The summed E-state index contributed by atoms with van der Waals surface area (Å²) in [5.41, 5.74) is 0.174. The largest absolute Gasteiger partial charge is 0.476 e. The van der Waals surface area contributed by atoms with Gasteiger partial charge in [0.25, 0.3) is 0 Å². The van der Waals surface area contributed by atoms with Gasteiger partial charge >= 0.3 is 5.97 Å². The summed E-state index contributed by atoms with van der Waals surface area (Å²) in [5.74, 6) is -0.226. The minimum Gasteiger partial charge on any atom is -0.476 e. The van der Waals surface area contributed by atoms with Gasteiger partial charge in [0.15, 0.2) is 10.8 Å². The van der Waals surface area contributed by atoms with Crippen LogP contribution in [0.1, 0.15) is 41.6 Å². The van der Waals surface area contributed by atoms with Crippen LogP contribution in [0, 0.1) is 12.8 Å². The van der Waals surface area contributed by atoms with Gasteiger partial charge in [-0.05, 0) is 32.6 Å². The molecule has 0 amide bonds. The highest BCUT2D eigenvalue weighted by Crippen LogP contribution is 2.32. The van der Waals surface area contributed by atoms with Gasteiger partial charge in [0, 0.05) is 10.9 Å². The summed E-state index contributed by atoms with van der Waals surface area (Å²) in [6.45, 7) is 3.93. The third-order valence-corrected chi connectivity index (χ3v) is 4.11. The SMILES string of the molecule is Cc1sc(NC(C)C2CCC2)nc1C(=O)O. The molecule has 0 aromatic carbocycles. The topological polar surface area (TPSA) is 62.2 Å². The smallest absolute Gasteiger partial charge is 0.355 e. The monoisotopic (exact) mass is 240 g/mol. The minimum absolute atomic E-state index is 0.174. The second-order valence-corrected chi connectivity index (χ2v) is 5.56. The molecule has 0 aliphatic heterocycles. The average molecular weight is 240 g/mol. The standard InChI is InChI=1S/C11H16N2O2S/c1-6(8-4-3-5-8)12-11-13-9(10(14)15)7(2)16-11/h6,8H,3-5H2,1-2H3,(H,12,13)(H,14,15). The Kier molecular flexibility index (Phi) is 3.14. The molecule has 88 valence electrons. The molecule has 0 bridgehead atoms. The van der Waals surface area contributed by atoms with Crippen LogP contribution in [0.25, 0.3) is 0 Å². The molecule has 5 heteroatoms. The van der Waals surface area contributed by atoms with Gasteiger partial charge in [-0.2, -0.15) is 0 Å². The number of aryl methyl sites for hydroxylation is 1. The molecule has 0 spiro atoms. The Morgan fingerprint density at radius 1 is 1.62 bits per heavy atom. The molecule has 4 nitrogen and oxygen atoms in total. The first-order valence-corrected chi connectivity index (χ1v) is 6.37. The van der Waals surface area contributed by atoms with Crippen molar-refractivity contribution in [1.29, 1.82) is 0 Å². The van der Waals surface area contributed by atoms with Crippen LogP contribution in [0.15, 0.2) is 0 Å². The van der Waals surface area contributed by atoms with Crippen LogP contribution in [-0.4, -0.2) is 22.1 Å². The van der Waals surface area contributed by atoms with Crippen molar-refractivity contribution < 1.29 is 9.90 Å². The zero-order valence-corrected chi connectivity index (χ0v) is 10.3. The second kappa shape index (κ2) is 4.41. The zero-order valence-electron chi connectivity index (χ0n) is 9.49. The van der Waals surface area contributed by atoms with E-state index in [2.05, 4.69) is 17.2 Å². The van der Waals surface area contributed by atoms with E-state index in [1.165, 1.54) is 30.6 Å². The molecule has 1 heterocycles. The number of carboxylic acid groups (broad SMARTS) is 1. The fourth-order valence-corrected chi connectivity index (χ4v) is 2.81. The molecule has 1 atom stereocenters. The van der Waals surface area contributed by atoms with Crippen LogP contribution in [0.3, 0.4) is 0 Å². The van der Waals surface area contributed by atoms with E-state index >= 15 is 0 Å². The van der Waals surface area contributed by atoms with Crippen LogP contribution in [0.4, 0.5) is 5.13 Å². The number of nitrogens with one attached hydrogen (secondary N) is 1. The van der Waals surface area contributed by atoms with Gasteiger partial charge in [0.2, 0.25) is 0 Å². The van der Waals surface area contributed by atoms with Gasteiger partial charge in [0.1, 0.15) is 0 Å². The number of nitrogens with zero attached hydrogens (tertiary/aromatic N) is 1. The highest BCUT2D eigenvalue weighted by atomic mass is 32.1. The van der Waals surface area contributed by atoms with E-state index in [-0.39, 0.29) is 5.69 Å². The van der Waals surface area contributed by atoms with E-state index in [1.54, 1.807) is 6.92 Å². The lowest BCUT2D eigenvalue weighted by Crippen LogP contribution is -2.30. The Balaban J connectivity index is 2.03. The Hall–Kier alpha value is -1.10. The molecular formula is C11H16N2O2S. The van der Waals surface area contributed by atoms with Gasteiger partial charge in [0.05, 0.1) is 0 Å². The van der Waals surface area contributed by atoms with E-state index in [9.17, 15) is 4.79 Å². The second-order valence-electron chi connectivity index (χ2n) is 4.35. The van der Waals surface area contributed by atoms with Crippen LogP contribution in [0.2, 0.25) is 0 Å². The molecule has 1 aliphatic carbocycles. The molecule has 1 saturated carbocycles. The first-order chi connectivity index (χ1) is 7.58. The molecular weight excluding hydrogens is 224 g/mol. The molecule has 2 rings (SSSR count). The van der Waals surface area contributed by atoms with Crippen LogP contribution in [0.5, 0.6) is 0 Å². The van der Waals surface area contributed by atoms with E-state index in [4.69, 9.17) is 5.11 Å². The highest BCUT2D eigenvalue weighted by Gasteiger charge is 2.25. The Labute approximate surface area is 98.7 Å². The lowest BCUT2D eigenvalue weighted by atomic mass is 9.80. The summed E-state index contributed by atoms with van der Waals surface area (Å²) in [4.78, 5) is 15.7. The molecule has 1 aromatic rings. The number of carbonyl (C=O) groups is 1. The molecule has 1 unspecified atom stereocenters. The van der Waals surface area contributed by atoms with Crippen molar-refractivity contribution in [2.24, 2.45) is 5.92 Å². The van der Waals surface area contributed by atoms with Gasteiger partial charge in [-0.1, -0.05) is 6.42 Å². The molecule has 0 radical (unpaired) electrons. The predicted molar refractivity (Wildman–Crippen MR) is 64.2 cm³/mol. The van der Waals surface area contributed by atoms with Crippen molar-refractivity contribution in [2.75, 3.05) is 5.32 Å². The zero-order chi connectivity index (χ0) is 11.7. The fraction of sp³-hybridized carbons (Fsp3) is 0.636. The molecule has 1 aliphatic rings. The van der Waals surface area contributed by atoms with Crippen LogP contribution >= 0.6 is 11.3 Å². The van der Waals surface area contributed by atoms with Gasteiger partial charge in [-0.25, -0.2) is 9.78 Å². The summed E-state index contributed by atoms with van der Waals surface area (Å²) in [5, 5.41) is 12.9. The molecule has 16 heavy (non-hydrogen) atoms. The Bertz CT molecular complexity index is 399. The molecule has 0 saturated heterocycles. The number of aromatic carboxylic acids is 1. The Morgan fingerprint density at radius 3 is 2.75 bits per heavy atom. The first kappa shape index (κ1) is 11.4. The number of carboxylic acids is 1. The van der Waals surface area contributed by atoms with Crippen molar-refractivity contribution in [3.05, 3.63) is 10.6 Å². The van der Waals surface area contributed by atoms with Gasteiger partial charge < -0.3 is 10.4 Å². The van der Waals surface area contributed by atoms with E-state index in [1.807, 2.05) is 0 Å². The van der Waals surface area contributed by atoms with Gasteiger partial charge in [-0.15, -0.1) is 11.3 Å². The van der Waals surface area contributed by atoms with E-state index < -0.39 is 5.97 Å². The Morgan fingerprint density at radius 2 is 2.31 bits per heavy atom. The lowest BCUT2D eigenvalue weighted by molar-refractivity contribution is 0.0690. The predicted octanol–water partition coefficient (Wildman–Crippen LogP) is 2.75. The quantitative estimate of drug-likeness (QED) is 0.849. The van der Waals surface area contributed by atoms with Crippen molar-refractivity contribution in [3.63, 3.8) is 0 Å². The minimum atomic E-state index is -0.946. The summed E-state index contributed by atoms with van der Waals surface area (Å²) in [7, 11) is 0. The maximum absolute atomic E-state index is 10.8. The maximum Gasteiger partial charge on any atom is 0.355 e. The van der Waals surface area contributed by atoms with E-state index in [0.717, 1.165) is 15.9 Å². The molecule has 1 fully saturated rings. The molecule has 1 aromatic heterocycles. The first-order valence-electron chi connectivity index (χ1n) is 5.55. The van der Waals surface area contributed by atoms with Gasteiger partial charge in [-0.3, -0.25) is 0 Å². The van der Waals surface area contributed by atoms with Crippen molar-refractivity contribution in [1.82, 2.24) is 4.98 Å². The van der Waals surface area contributed by atoms with Crippen molar-refractivity contribution >= 4 is 22.4 Å². The number of anilines is 1. The van der Waals surface area contributed by atoms with Crippen LogP contribution in [-0.2, 0) is 0 Å². The summed E-state index contributed by atoms with van der Waals surface area (Å²) in [6, 6.07) is 0.390. The van der Waals surface area contributed by atoms with E-state index in [0.29, 0.717) is 6.04 Å². The summed E-state index contributed by atoms with van der Waals surface area (Å²) < 4.78 is 0. The number of aromatic nitrogens is 1. The lowest BCUT2D eigenvalue weighted by Gasteiger charge is -2.31. The maximum atomic E-state index is 10.8. The third kappa shape index (κ3) is 2.19. The average Bonchev–Trinajstić information content (AvgIpc) is 2.43. The van der Waals surface area contributed by atoms with Crippen molar-refractivity contribution in [3.8, 4) is 0 Å². The number of rotatable bonds is 4. The number of hydrogen-bond donors (Lipinski definition) is 2. The summed E-state index contributed by atoms with van der Waals surface area (Å²) >= 11 is 1.42. The highest BCUT2D eigenvalue weighted by molar-refractivity contribution is 7.15. The normalized spacial score (nSPS) is 17.9. The summed E-state index contributed by atoms with van der Waals surface area (Å²) in [6.07, 6.45) is 3.85. The van der Waals surface area contributed by atoms with Crippen LogP contribution < -0.4 is 5.32 Å². The third-order valence-electron chi connectivity index (χ3n) is 3.21.